The minimum Gasteiger partial charge on any atom is -0.496 e. The zero-order valence-electron chi connectivity index (χ0n) is 8.87. The second kappa shape index (κ2) is 6.10. The molecule has 0 aliphatic heterocycles. The van der Waals surface area contributed by atoms with Crippen LogP contribution in [0.15, 0.2) is 22.7 Å². The predicted molar refractivity (Wildman–Crippen MR) is 65.9 cm³/mol. The first-order chi connectivity index (χ1) is 7.19. The minimum atomic E-state index is -0.00315. The van der Waals surface area contributed by atoms with Gasteiger partial charge in [0.1, 0.15) is 5.75 Å². The summed E-state index contributed by atoms with van der Waals surface area (Å²) >= 11 is 3.40. The van der Waals surface area contributed by atoms with Crippen molar-refractivity contribution in [3.8, 4) is 5.75 Å². The van der Waals surface area contributed by atoms with E-state index in [4.69, 9.17) is 16.2 Å². The molecule has 0 unspecified atom stereocenters. The van der Waals surface area contributed by atoms with E-state index in [2.05, 4.69) is 15.9 Å². The quantitative estimate of drug-likeness (QED) is 0.864. The van der Waals surface area contributed by atoms with Gasteiger partial charge in [-0.3, -0.25) is 0 Å². The fourth-order valence-electron chi connectivity index (χ4n) is 1.48. The van der Waals surface area contributed by atoms with Gasteiger partial charge in [-0.25, -0.2) is 0 Å². The summed E-state index contributed by atoms with van der Waals surface area (Å²) in [6, 6.07) is 5.89. The van der Waals surface area contributed by atoms with E-state index in [-0.39, 0.29) is 6.04 Å². The largest absolute Gasteiger partial charge is 0.496 e. The Labute approximate surface area is 98.9 Å². The molecule has 0 radical (unpaired) electrons. The van der Waals surface area contributed by atoms with Crippen LogP contribution in [-0.4, -0.2) is 13.7 Å². The van der Waals surface area contributed by atoms with Gasteiger partial charge in [0, 0.05) is 16.1 Å². The molecule has 84 valence electrons. The Morgan fingerprint density at radius 1 is 1.47 bits per heavy atom. The standard InChI is InChI=1S/C11H17BrN2O/c1-15-11-7-8(12)4-5-9(11)10(14)3-2-6-13/h4-5,7,10H,2-3,6,13-14H2,1H3/t10-/m1/s1. The van der Waals surface area contributed by atoms with E-state index in [9.17, 15) is 0 Å². The first kappa shape index (κ1) is 12.5. The van der Waals surface area contributed by atoms with E-state index < -0.39 is 0 Å². The van der Waals surface area contributed by atoms with Crippen molar-refractivity contribution >= 4 is 15.9 Å². The molecule has 0 aliphatic rings. The van der Waals surface area contributed by atoms with Crippen molar-refractivity contribution < 1.29 is 4.74 Å². The molecule has 0 fully saturated rings. The molecule has 0 heterocycles. The molecule has 1 aromatic carbocycles. The molecule has 0 saturated heterocycles. The van der Waals surface area contributed by atoms with Crippen molar-refractivity contribution in [3.63, 3.8) is 0 Å². The van der Waals surface area contributed by atoms with Crippen LogP contribution < -0.4 is 16.2 Å². The topological polar surface area (TPSA) is 61.3 Å². The second-order valence-electron chi connectivity index (χ2n) is 3.42. The van der Waals surface area contributed by atoms with Crippen LogP contribution in [0.2, 0.25) is 0 Å². The summed E-state index contributed by atoms with van der Waals surface area (Å²) in [5.41, 5.74) is 12.5. The lowest BCUT2D eigenvalue weighted by atomic mass is 10.0. The van der Waals surface area contributed by atoms with Crippen LogP contribution in [0.5, 0.6) is 5.75 Å². The summed E-state index contributed by atoms with van der Waals surface area (Å²) in [6.07, 6.45) is 1.81. The van der Waals surface area contributed by atoms with Crippen molar-refractivity contribution in [1.29, 1.82) is 0 Å². The summed E-state index contributed by atoms with van der Waals surface area (Å²) in [5, 5.41) is 0. The van der Waals surface area contributed by atoms with Crippen molar-refractivity contribution in [2.24, 2.45) is 11.5 Å². The lowest BCUT2D eigenvalue weighted by Crippen LogP contribution is -2.13. The van der Waals surface area contributed by atoms with Crippen LogP contribution in [0.25, 0.3) is 0 Å². The maximum atomic E-state index is 6.06. The molecule has 0 spiro atoms. The minimum absolute atomic E-state index is 0.00315. The van der Waals surface area contributed by atoms with Gasteiger partial charge in [-0.2, -0.15) is 0 Å². The van der Waals surface area contributed by atoms with E-state index in [1.54, 1.807) is 7.11 Å². The van der Waals surface area contributed by atoms with E-state index in [0.29, 0.717) is 6.54 Å². The fraction of sp³-hybridized carbons (Fsp3) is 0.455. The molecule has 3 nitrogen and oxygen atoms in total. The van der Waals surface area contributed by atoms with Crippen LogP contribution in [0.1, 0.15) is 24.4 Å². The van der Waals surface area contributed by atoms with Gasteiger partial charge in [-0.15, -0.1) is 0 Å². The molecule has 1 atom stereocenters. The highest BCUT2D eigenvalue weighted by Crippen LogP contribution is 2.29. The summed E-state index contributed by atoms with van der Waals surface area (Å²) in [4.78, 5) is 0. The van der Waals surface area contributed by atoms with Gasteiger partial charge in [0.15, 0.2) is 0 Å². The normalized spacial score (nSPS) is 12.5. The molecule has 0 amide bonds. The first-order valence-electron chi connectivity index (χ1n) is 4.98. The average molecular weight is 273 g/mol. The molecule has 1 rings (SSSR count). The zero-order valence-corrected chi connectivity index (χ0v) is 10.5. The van der Waals surface area contributed by atoms with Crippen LogP contribution >= 0.6 is 15.9 Å². The number of benzene rings is 1. The van der Waals surface area contributed by atoms with E-state index >= 15 is 0 Å². The van der Waals surface area contributed by atoms with Crippen LogP contribution in [0, 0.1) is 0 Å². The van der Waals surface area contributed by atoms with Gasteiger partial charge < -0.3 is 16.2 Å². The van der Waals surface area contributed by atoms with E-state index in [0.717, 1.165) is 28.6 Å². The maximum absolute atomic E-state index is 6.06. The van der Waals surface area contributed by atoms with Gasteiger partial charge in [0.25, 0.3) is 0 Å². The molecule has 0 saturated carbocycles. The zero-order chi connectivity index (χ0) is 11.3. The fourth-order valence-corrected chi connectivity index (χ4v) is 1.82. The number of methoxy groups -OCH3 is 1. The smallest absolute Gasteiger partial charge is 0.124 e. The molecule has 4 N–H and O–H groups in total. The van der Waals surface area contributed by atoms with Crippen molar-refractivity contribution in [1.82, 2.24) is 0 Å². The van der Waals surface area contributed by atoms with Gasteiger partial charge >= 0.3 is 0 Å². The molecule has 0 aromatic heterocycles. The third-order valence-electron chi connectivity index (χ3n) is 2.31. The molecular weight excluding hydrogens is 256 g/mol. The van der Waals surface area contributed by atoms with Crippen molar-refractivity contribution in [2.45, 2.75) is 18.9 Å². The highest BCUT2D eigenvalue weighted by molar-refractivity contribution is 9.10. The van der Waals surface area contributed by atoms with E-state index in [1.165, 1.54) is 0 Å². The highest BCUT2D eigenvalue weighted by atomic mass is 79.9. The maximum Gasteiger partial charge on any atom is 0.124 e. The number of ether oxygens (including phenoxy) is 1. The van der Waals surface area contributed by atoms with Gasteiger partial charge in [-0.1, -0.05) is 22.0 Å². The molecule has 4 heteroatoms. The Bertz CT molecular complexity index is 317. The van der Waals surface area contributed by atoms with Crippen LogP contribution in [-0.2, 0) is 0 Å². The second-order valence-corrected chi connectivity index (χ2v) is 4.34. The Balaban J connectivity index is 2.82. The first-order valence-corrected chi connectivity index (χ1v) is 5.77. The summed E-state index contributed by atoms with van der Waals surface area (Å²) in [7, 11) is 1.65. The summed E-state index contributed by atoms with van der Waals surface area (Å²) in [5.74, 6) is 0.828. The number of hydrogen-bond acceptors (Lipinski definition) is 3. The third-order valence-corrected chi connectivity index (χ3v) is 2.81. The lowest BCUT2D eigenvalue weighted by Gasteiger charge is -2.15. The Kier molecular flexibility index (Phi) is 5.08. The monoisotopic (exact) mass is 272 g/mol. The van der Waals surface area contributed by atoms with Crippen LogP contribution in [0.4, 0.5) is 0 Å². The Hall–Kier alpha value is -0.580. The molecule has 1 aromatic rings. The number of halogens is 1. The summed E-state index contributed by atoms with van der Waals surface area (Å²) < 4.78 is 6.28. The van der Waals surface area contributed by atoms with Gasteiger partial charge in [-0.05, 0) is 31.5 Å². The molecule has 0 bridgehead atoms. The lowest BCUT2D eigenvalue weighted by molar-refractivity contribution is 0.403. The van der Waals surface area contributed by atoms with Crippen molar-refractivity contribution in [3.05, 3.63) is 28.2 Å². The van der Waals surface area contributed by atoms with E-state index in [1.807, 2.05) is 18.2 Å². The highest BCUT2D eigenvalue weighted by Gasteiger charge is 2.11. The number of hydrogen-bond donors (Lipinski definition) is 2. The summed E-state index contributed by atoms with van der Waals surface area (Å²) in [6.45, 7) is 0.673. The van der Waals surface area contributed by atoms with Crippen LogP contribution in [0.3, 0.4) is 0 Å². The third kappa shape index (κ3) is 3.48. The number of nitrogens with two attached hydrogens (primary N) is 2. The molecule has 0 aliphatic carbocycles. The number of rotatable bonds is 5. The molecule has 15 heavy (non-hydrogen) atoms. The Morgan fingerprint density at radius 3 is 2.80 bits per heavy atom. The van der Waals surface area contributed by atoms with Crippen molar-refractivity contribution in [2.75, 3.05) is 13.7 Å². The molecular formula is C11H17BrN2O. The van der Waals surface area contributed by atoms with Gasteiger partial charge in [0.2, 0.25) is 0 Å². The Morgan fingerprint density at radius 2 is 2.20 bits per heavy atom. The average Bonchev–Trinajstić information content (AvgIpc) is 2.25. The SMILES string of the molecule is COc1cc(Br)ccc1[C@H](N)CCCN. The van der Waals surface area contributed by atoms with Gasteiger partial charge in [0.05, 0.1) is 7.11 Å². The predicted octanol–water partition coefficient (Wildman–Crippen LogP) is 2.20.